The Hall–Kier alpha value is -11.7. The van der Waals surface area contributed by atoms with Gasteiger partial charge in [0.05, 0.1) is 61.1 Å². The summed E-state index contributed by atoms with van der Waals surface area (Å²) >= 11 is 18.1. The molecule has 6 aromatic heterocycles. The van der Waals surface area contributed by atoms with Crippen molar-refractivity contribution in [2.24, 2.45) is 121 Å². The van der Waals surface area contributed by atoms with E-state index in [1.165, 1.54) is 70.4 Å². The lowest BCUT2D eigenvalue weighted by Crippen LogP contribution is -2.49. The van der Waals surface area contributed by atoms with E-state index in [0.717, 1.165) is 146 Å². The van der Waals surface area contributed by atoms with Crippen molar-refractivity contribution in [3.63, 3.8) is 0 Å². The second-order valence-corrected chi connectivity index (χ2v) is 44.8. The minimum Gasteiger partial charge on any atom is -0.491 e. The quantitative estimate of drug-likeness (QED) is 0.0452. The molecule has 5 aliphatic carbocycles. The zero-order valence-corrected chi connectivity index (χ0v) is 88.9. The van der Waals surface area contributed by atoms with Crippen LogP contribution in [0.25, 0.3) is 55.6 Å². The molecule has 37 heteroatoms. The smallest absolute Gasteiger partial charge is 0.264 e. The molecule has 10 aromatic rings. The molecule has 4 aromatic carbocycles. The van der Waals surface area contributed by atoms with Gasteiger partial charge in [-0.15, -0.1) is 0 Å². The summed E-state index contributed by atoms with van der Waals surface area (Å²) in [5.74, 6) is 7.91. The summed E-state index contributed by atoms with van der Waals surface area (Å²) in [4.78, 5) is 104. The highest BCUT2D eigenvalue weighted by atomic mass is 35.5. The van der Waals surface area contributed by atoms with Crippen LogP contribution < -0.4 is 114 Å². The highest BCUT2D eigenvalue weighted by Crippen LogP contribution is 2.54. The predicted molar refractivity (Wildman–Crippen MR) is 588 cm³/mol. The van der Waals surface area contributed by atoms with E-state index in [9.17, 15) is 24.0 Å². The fourth-order valence-electron chi connectivity index (χ4n) is 25.5. The molecule has 782 valence electrons. The van der Waals surface area contributed by atoms with E-state index in [0.29, 0.717) is 149 Å². The SMILES string of the molecule is COCCOc1ccc(-c2c(N)nc(N3CCC4(CC[C@@H](C)[C@H]4N)CC3)n(C)c2=O)cc1.C[C@@H]1CCC2(CCN(c3nc(N)c(-c4ccc(C#N)cc4)c(=O)n3C)CC2)[C@@H]1N.C[C@@H]1CCC2(CCN(c3nc(N)c(-c4ccc(Cl)c(Cl)c4)c(=O)n3C)CC2)[C@@H]1N.C[C@@H]1CCC2(CCN(c3nc(N)c(-c4cncc(Cl)c4)c(=O)n3C)CC2)[C@@H]1N.Cc1ccccc1-c1c(N)nc(N2CCC3(CC[C@@H](C)[C@H]3N)CC2)n(C)c1=O. The van der Waals surface area contributed by atoms with Gasteiger partial charge in [-0.3, -0.25) is 51.8 Å². The van der Waals surface area contributed by atoms with Gasteiger partial charge in [-0.1, -0.05) is 124 Å². The number of hydrogen-bond acceptors (Lipinski definition) is 29. The van der Waals surface area contributed by atoms with Crippen LogP contribution in [0.4, 0.5) is 58.8 Å². The second kappa shape index (κ2) is 44.0. The van der Waals surface area contributed by atoms with Gasteiger partial charge in [0.25, 0.3) is 27.8 Å². The second-order valence-electron chi connectivity index (χ2n) is 43.5. The lowest BCUT2D eigenvalue weighted by atomic mass is 9.73. The third-order valence-electron chi connectivity index (χ3n) is 35.4. The average Bonchev–Trinajstić information content (AvgIpc) is 1.34. The summed E-state index contributed by atoms with van der Waals surface area (Å²) in [6.07, 6.45) is 25.4. The van der Waals surface area contributed by atoms with Crippen LogP contribution in [0.2, 0.25) is 15.1 Å². The van der Waals surface area contributed by atoms with Gasteiger partial charge in [0.15, 0.2) is 0 Å². The Morgan fingerprint density at radius 1 is 0.363 bits per heavy atom. The van der Waals surface area contributed by atoms with Crippen molar-refractivity contribution in [1.29, 1.82) is 5.26 Å². The summed E-state index contributed by atoms with van der Waals surface area (Å²) in [7, 11) is 10.4. The first-order valence-electron chi connectivity index (χ1n) is 51.8. The Balaban J connectivity index is 0.000000131. The van der Waals surface area contributed by atoms with E-state index in [1.54, 1.807) is 120 Å². The number of nitrogens with two attached hydrogens (primary N) is 10. The molecular weight excluding hydrogens is 1910 g/mol. The molecule has 0 bridgehead atoms. The summed E-state index contributed by atoms with van der Waals surface area (Å²) in [6.45, 7) is 22.6. The number of aromatic nitrogens is 11. The van der Waals surface area contributed by atoms with Crippen molar-refractivity contribution < 1.29 is 9.47 Å². The van der Waals surface area contributed by atoms with E-state index < -0.39 is 0 Å². The van der Waals surface area contributed by atoms with Gasteiger partial charge in [0, 0.05) is 156 Å². The van der Waals surface area contributed by atoms with Crippen molar-refractivity contribution in [2.75, 3.05) is 139 Å². The number of nitriles is 1. The predicted octanol–water partition coefficient (Wildman–Crippen LogP) is 13.4. The molecule has 0 amide bonds. The van der Waals surface area contributed by atoms with E-state index in [1.807, 2.05) is 55.5 Å². The summed E-state index contributed by atoms with van der Waals surface area (Å²) < 4.78 is 18.6. The molecule has 20 rings (SSSR count). The van der Waals surface area contributed by atoms with Crippen LogP contribution >= 0.6 is 34.8 Å². The maximum absolute atomic E-state index is 13.2. The maximum atomic E-state index is 13.2. The number of rotatable bonds is 14. The number of nitrogen functional groups attached to an aromatic ring is 5. The number of piperidine rings is 5. The fraction of sp³-hybridized carbons (Fsp3) is 0.541. The Bertz CT molecular complexity index is 6760. The number of nitrogens with zero attached hydrogens (tertiary/aromatic N) is 17. The molecule has 5 aliphatic heterocycles. The molecular formula is C109H148Cl3N27O7. The number of halogens is 3. The van der Waals surface area contributed by atoms with Gasteiger partial charge in [-0.05, 0) is 262 Å². The van der Waals surface area contributed by atoms with Gasteiger partial charge in [0.2, 0.25) is 29.7 Å². The molecule has 11 heterocycles. The normalized spacial score (nSPS) is 23.5. The van der Waals surface area contributed by atoms with Crippen LogP contribution in [0.3, 0.4) is 0 Å². The maximum Gasteiger partial charge on any atom is 0.264 e. The molecule has 10 aliphatic rings. The zero-order valence-electron chi connectivity index (χ0n) is 86.7. The van der Waals surface area contributed by atoms with E-state index in [2.05, 4.69) is 95.1 Å². The van der Waals surface area contributed by atoms with Crippen molar-refractivity contribution >= 4 is 93.6 Å². The third-order valence-corrected chi connectivity index (χ3v) is 36.3. The van der Waals surface area contributed by atoms with Gasteiger partial charge < -0.3 is 91.3 Å². The van der Waals surface area contributed by atoms with Crippen LogP contribution in [-0.4, -0.2) is 169 Å². The molecule has 0 radical (unpaired) electrons. The van der Waals surface area contributed by atoms with E-state index >= 15 is 0 Å². The van der Waals surface area contributed by atoms with Gasteiger partial charge >= 0.3 is 0 Å². The van der Waals surface area contributed by atoms with Crippen molar-refractivity contribution in [3.05, 3.63) is 187 Å². The van der Waals surface area contributed by atoms with Crippen molar-refractivity contribution in [2.45, 2.75) is 200 Å². The van der Waals surface area contributed by atoms with Crippen LogP contribution in [-0.2, 0) is 40.0 Å². The van der Waals surface area contributed by atoms with Crippen molar-refractivity contribution in [1.82, 2.24) is 52.7 Å². The number of hydrogen-bond donors (Lipinski definition) is 10. The first-order valence-corrected chi connectivity index (χ1v) is 53.0. The molecule has 10 fully saturated rings. The molecule has 5 spiro atoms. The first kappa shape index (κ1) is 107. The number of aryl methyl sites for hydroxylation is 1. The highest BCUT2D eigenvalue weighted by Gasteiger charge is 2.52. The number of anilines is 10. The fourth-order valence-corrected chi connectivity index (χ4v) is 26.0. The lowest BCUT2D eigenvalue weighted by Gasteiger charge is -2.43. The number of pyridine rings is 1. The summed E-state index contributed by atoms with van der Waals surface area (Å²) in [5, 5.41) is 10.2. The van der Waals surface area contributed by atoms with E-state index in [4.69, 9.17) is 107 Å². The molecule has 10 atom stereocenters. The summed E-state index contributed by atoms with van der Waals surface area (Å²) in [6, 6.07) is 32.0. The number of methoxy groups -OCH3 is 1. The summed E-state index contributed by atoms with van der Waals surface area (Å²) in [5.41, 5.74) is 71.2. The Morgan fingerprint density at radius 2 is 0.651 bits per heavy atom. The van der Waals surface area contributed by atoms with E-state index in [-0.39, 0.29) is 108 Å². The Morgan fingerprint density at radius 3 is 0.938 bits per heavy atom. The molecule has 5 saturated heterocycles. The Labute approximate surface area is 870 Å². The zero-order chi connectivity index (χ0) is 105. The Kier molecular flexibility index (Phi) is 32.3. The molecule has 20 N–H and O–H groups in total. The van der Waals surface area contributed by atoms with Gasteiger partial charge in [-0.25, -0.2) is 0 Å². The lowest BCUT2D eigenvalue weighted by molar-refractivity contribution is 0.146. The first-order chi connectivity index (χ1) is 69.6. The third kappa shape index (κ3) is 21.1. The molecule has 5 saturated carbocycles. The minimum atomic E-state index is -0.197. The van der Waals surface area contributed by atoms with Crippen LogP contribution in [0.5, 0.6) is 5.75 Å². The molecule has 34 nitrogen and oxygen atoms in total. The highest BCUT2D eigenvalue weighted by molar-refractivity contribution is 6.42. The van der Waals surface area contributed by atoms with Crippen molar-refractivity contribution in [3.8, 4) is 67.5 Å². The van der Waals surface area contributed by atoms with Crippen LogP contribution in [0.15, 0.2) is 133 Å². The standard InChI is InChI=1S/C24H35N5O3.C22H28N6O.C22H31N5O.C21H27Cl2N5O.C20H27ClN6O/c1-16-8-9-24(20(16)25)10-12-29(13-11-24)23-27-21(26)19(22(30)28(23)2)17-4-6-18(7-5-17)32-15-14-31-3;1-14-7-8-22(18(14)24)9-11-28(12-10-22)21-26-19(25)17(20(29)27(21)2)16-5-3-15(13-23)4-6-16;1-14-6-4-5-7-16(14)17-19(24)25-21(26(3)20(17)28)27-12-10-22(11-13-27)9-8-15(2)18(22)23;1-12-5-6-21(17(12)24)7-9-28(10-8-21)20-26-18(25)16(19(29)27(20)2)13-3-4-14(22)15(23)11-13;1-12-3-4-20(16(12)22)5-7-27(8-6-20)19-25-17(23)15(18(28)26(19)2)13-9-14(21)11-24-10-13/h4-7,16,20H,8-15,25-26H2,1-3H3;3-6,14,18H,7-12,24-25H2,1-2H3;4-7,15,18H,8-13,23-24H2,1-3H3;3-4,11-12,17H,5-10,24-25H2,1-2H3;9-12,16H,3-8,22-23H2,1-2H3/t16-,20-;14-,18-;15-,18-;12-,17-;12-,16-/m11111/s1. The number of ether oxygens (including phenoxy) is 2. The molecule has 146 heavy (non-hydrogen) atoms. The monoisotopic (exact) mass is 2050 g/mol. The largest absolute Gasteiger partial charge is 0.491 e. The van der Waals surface area contributed by atoms with Crippen LogP contribution in [0, 0.1) is 74.9 Å². The van der Waals surface area contributed by atoms with Crippen LogP contribution in [0.1, 0.15) is 174 Å². The number of benzene rings is 4. The topological polar surface area (TPSA) is 506 Å². The minimum absolute atomic E-state index is 0.0942. The van der Waals surface area contributed by atoms with Gasteiger partial charge in [0.1, 0.15) is 41.4 Å². The van der Waals surface area contributed by atoms with Gasteiger partial charge in [-0.2, -0.15) is 30.2 Å². The molecule has 0 unspecified atom stereocenters. The average molecular weight is 2050 g/mol.